The number of anilines is 1. The molecule has 0 aliphatic heterocycles. The minimum absolute atomic E-state index is 0.142. The molecule has 8 heteroatoms. The van der Waals surface area contributed by atoms with E-state index in [1.54, 1.807) is 25.4 Å². The summed E-state index contributed by atoms with van der Waals surface area (Å²) < 4.78 is 21.0. The van der Waals surface area contributed by atoms with Crippen LogP contribution in [0.2, 0.25) is 0 Å². The lowest BCUT2D eigenvalue weighted by Crippen LogP contribution is -2.39. The molecule has 178 valence electrons. The van der Waals surface area contributed by atoms with Crippen molar-refractivity contribution in [2.24, 2.45) is 0 Å². The number of halogens is 1. The van der Waals surface area contributed by atoms with Gasteiger partial charge in [-0.3, -0.25) is 9.78 Å². The first-order valence-electron chi connectivity index (χ1n) is 11.5. The van der Waals surface area contributed by atoms with E-state index in [1.165, 1.54) is 12.1 Å². The number of pyridine rings is 1. The number of fused-ring (bicyclic) bond motifs is 2. The Balaban J connectivity index is 1.26. The Morgan fingerprint density at radius 2 is 2.17 bits per heavy atom. The van der Waals surface area contributed by atoms with E-state index in [0.29, 0.717) is 11.3 Å². The SMILES string of the molecule is C=Cc1cc(F)cc(NC(=O)CNC2CCc3nn(-c4ccnc5ccc(OC)cc45)cc3C2)c1. The van der Waals surface area contributed by atoms with E-state index in [4.69, 9.17) is 9.84 Å². The Morgan fingerprint density at radius 1 is 1.29 bits per heavy atom. The highest BCUT2D eigenvalue weighted by atomic mass is 19.1. The third-order valence-corrected chi connectivity index (χ3v) is 6.24. The van der Waals surface area contributed by atoms with Gasteiger partial charge in [-0.25, -0.2) is 9.07 Å². The summed E-state index contributed by atoms with van der Waals surface area (Å²) in [6.07, 6.45) is 7.85. The van der Waals surface area contributed by atoms with Crippen molar-refractivity contribution in [3.05, 3.63) is 84.1 Å². The van der Waals surface area contributed by atoms with Crippen LogP contribution in [0.15, 0.2) is 61.4 Å². The van der Waals surface area contributed by atoms with E-state index in [-0.39, 0.29) is 18.5 Å². The number of amides is 1. The lowest BCUT2D eigenvalue weighted by molar-refractivity contribution is -0.115. The predicted octanol–water partition coefficient (Wildman–Crippen LogP) is 4.30. The van der Waals surface area contributed by atoms with Gasteiger partial charge in [-0.1, -0.05) is 12.7 Å². The number of hydrogen-bond acceptors (Lipinski definition) is 5. The average Bonchev–Trinajstić information content (AvgIpc) is 3.29. The molecule has 1 aliphatic rings. The maximum absolute atomic E-state index is 13.7. The summed E-state index contributed by atoms with van der Waals surface area (Å²) in [5.41, 5.74) is 5.08. The Kier molecular flexibility index (Phi) is 6.29. The summed E-state index contributed by atoms with van der Waals surface area (Å²) in [5, 5.41) is 11.9. The number of aryl methyl sites for hydroxylation is 1. The van der Waals surface area contributed by atoms with Crippen molar-refractivity contribution in [1.29, 1.82) is 0 Å². The third-order valence-electron chi connectivity index (χ3n) is 6.24. The Morgan fingerprint density at radius 3 is 3.00 bits per heavy atom. The number of ether oxygens (including phenoxy) is 1. The fourth-order valence-electron chi connectivity index (χ4n) is 4.48. The summed E-state index contributed by atoms with van der Waals surface area (Å²) in [6, 6.07) is 12.3. The Hall–Kier alpha value is -4.04. The van der Waals surface area contributed by atoms with Crippen molar-refractivity contribution in [1.82, 2.24) is 20.1 Å². The number of methoxy groups -OCH3 is 1. The van der Waals surface area contributed by atoms with Crippen LogP contribution < -0.4 is 15.4 Å². The molecule has 5 rings (SSSR count). The van der Waals surface area contributed by atoms with Crippen LogP contribution in [0.4, 0.5) is 10.1 Å². The van der Waals surface area contributed by atoms with E-state index in [1.807, 2.05) is 28.9 Å². The molecule has 0 saturated heterocycles. The van der Waals surface area contributed by atoms with Crippen molar-refractivity contribution >= 4 is 28.6 Å². The van der Waals surface area contributed by atoms with Crippen LogP contribution in [0.3, 0.4) is 0 Å². The quantitative estimate of drug-likeness (QED) is 0.420. The van der Waals surface area contributed by atoms with Crippen molar-refractivity contribution in [3.8, 4) is 11.4 Å². The second-order valence-electron chi connectivity index (χ2n) is 8.60. The smallest absolute Gasteiger partial charge is 0.238 e. The van der Waals surface area contributed by atoms with E-state index in [9.17, 15) is 9.18 Å². The molecule has 0 fully saturated rings. The fraction of sp³-hybridized carbons (Fsp3) is 0.222. The molecule has 4 aromatic rings. The van der Waals surface area contributed by atoms with Crippen LogP contribution >= 0.6 is 0 Å². The molecule has 0 bridgehead atoms. The summed E-state index contributed by atoms with van der Waals surface area (Å²) >= 11 is 0. The molecule has 1 amide bonds. The molecule has 2 N–H and O–H groups in total. The van der Waals surface area contributed by atoms with Crippen molar-refractivity contribution in [2.45, 2.75) is 25.3 Å². The number of nitrogens with one attached hydrogen (secondary N) is 2. The van der Waals surface area contributed by atoms with E-state index in [0.717, 1.165) is 52.9 Å². The number of carbonyl (C=O) groups is 1. The van der Waals surface area contributed by atoms with Gasteiger partial charge in [0.05, 0.1) is 30.6 Å². The highest BCUT2D eigenvalue weighted by Crippen LogP contribution is 2.27. The second-order valence-corrected chi connectivity index (χ2v) is 8.60. The van der Waals surface area contributed by atoms with Gasteiger partial charge in [0.15, 0.2) is 0 Å². The van der Waals surface area contributed by atoms with Crippen LogP contribution in [0.1, 0.15) is 23.2 Å². The van der Waals surface area contributed by atoms with E-state index >= 15 is 0 Å². The largest absolute Gasteiger partial charge is 0.497 e. The Labute approximate surface area is 202 Å². The first kappa shape index (κ1) is 22.7. The van der Waals surface area contributed by atoms with Crippen LogP contribution in [0.5, 0.6) is 5.75 Å². The van der Waals surface area contributed by atoms with Gasteiger partial charge in [-0.05, 0) is 72.9 Å². The molecule has 1 aliphatic carbocycles. The molecule has 1 unspecified atom stereocenters. The molecule has 0 saturated carbocycles. The van der Waals surface area contributed by atoms with Gasteiger partial charge < -0.3 is 15.4 Å². The molecule has 0 radical (unpaired) electrons. The highest BCUT2D eigenvalue weighted by Gasteiger charge is 2.23. The van der Waals surface area contributed by atoms with Crippen LogP contribution in [-0.4, -0.2) is 40.4 Å². The molecule has 2 aromatic carbocycles. The predicted molar refractivity (Wildman–Crippen MR) is 134 cm³/mol. The van der Waals surface area contributed by atoms with Gasteiger partial charge in [-0.15, -0.1) is 0 Å². The van der Waals surface area contributed by atoms with E-state index in [2.05, 4.69) is 28.4 Å². The van der Waals surface area contributed by atoms with E-state index < -0.39 is 5.82 Å². The number of nitrogens with zero attached hydrogens (tertiary/aromatic N) is 3. The minimum Gasteiger partial charge on any atom is -0.497 e. The van der Waals surface area contributed by atoms with Crippen LogP contribution in [0.25, 0.3) is 22.7 Å². The number of aromatic nitrogens is 3. The summed E-state index contributed by atoms with van der Waals surface area (Å²) in [4.78, 5) is 16.9. The first-order valence-corrected chi connectivity index (χ1v) is 11.5. The topological polar surface area (TPSA) is 81.1 Å². The highest BCUT2D eigenvalue weighted by molar-refractivity contribution is 5.92. The van der Waals surface area contributed by atoms with Crippen LogP contribution in [-0.2, 0) is 17.6 Å². The maximum atomic E-state index is 13.7. The normalized spacial score (nSPS) is 15.0. The third kappa shape index (κ3) is 4.93. The number of hydrogen-bond donors (Lipinski definition) is 2. The van der Waals surface area contributed by atoms with Crippen molar-refractivity contribution in [2.75, 3.05) is 19.0 Å². The van der Waals surface area contributed by atoms with Gasteiger partial charge in [0.25, 0.3) is 0 Å². The van der Waals surface area contributed by atoms with Crippen LogP contribution in [0, 0.1) is 5.82 Å². The molecule has 35 heavy (non-hydrogen) atoms. The monoisotopic (exact) mass is 471 g/mol. The summed E-state index contributed by atoms with van der Waals surface area (Å²) in [6.45, 7) is 3.79. The zero-order chi connectivity index (χ0) is 24.4. The van der Waals surface area contributed by atoms with Gasteiger partial charge in [0, 0.05) is 29.5 Å². The van der Waals surface area contributed by atoms with Crippen molar-refractivity contribution < 1.29 is 13.9 Å². The Bertz CT molecular complexity index is 1410. The lowest BCUT2D eigenvalue weighted by Gasteiger charge is -2.22. The fourth-order valence-corrected chi connectivity index (χ4v) is 4.48. The average molecular weight is 472 g/mol. The van der Waals surface area contributed by atoms with Crippen molar-refractivity contribution in [3.63, 3.8) is 0 Å². The molecule has 1 atom stereocenters. The van der Waals surface area contributed by atoms with Gasteiger partial charge in [0.1, 0.15) is 11.6 Å². The molecular weight excluding hydrogens is 445 g/mol. The number of carbonyl (C=O) groups excluding carboxylic acids is 1. The summed E-state index contributed by atoms with van der Waals surface area (Å²) in [5.74, 6) is 0.136. The zero-order valence-corrected chi connectivity index (χ0v) is 19.4. The van der Waals surface area contributed by atoms with Gasteiger partial charge in [0.2, 0.25) is 5.91 Å². The maximum Gasteiger partial charge on any atom is 0.238 e. The second kappa shape index (κ2) is 9.68. The lowest BCUT2D eigenvalue weighted by atomic mass is 9.93. The number of benzene rings is 2. The molecular formula is C27H26FN5O2. The molecule has 7 nitrogen and oxygen atoms in total. The molecule has 0 spiro atoms. The van der Waals surface area contributed by atoms with Gasteiger partial charge >= 0.3 is 0 Å². The summed E-state index contributed by atoms with van der Waals surface area (Å²) in [7, 11) is 1.65. The molecule has 2 aromatic heterocycles. The number of rotatable bonds is 7. The standard InChI is InChI=1S/C27H26FN5O2/c1-3-17-10-19(28)13-21(11-17)31-27(34)15-30-20-4-6-24-18(12-20)16-33(32-24)26-8-9-29-25-7-5-22(35-2)14-23(25)26/h3,5,7-11,13-14,16,20,30H,1,4,6,12,15H2,2H3,(H,31,34). The zero-order valence-electron chi connectivity index (χ0n) is 19.4. The first-order chi connectivity index (χ1) is 17.0. The van der Waals surface area contributed by atoms with Gasteiger partial charge in [-0.2, -0.15) is 5.10 Å². The minimum atomic E-state index is -0.414. The molecule has 2 heterocycles.